The summed E-state index contributed by atoms with van der Waals surface area (Å²) in [6.45, 7) is 5.17. The molecule has 0 spiro atoms. The maximum atomic E-state index is 14.2. The van der Waals surface area contributed by atoms with Crippen molar-refractivity contribution in [3.8, 4) is 11.5 Å². The van der Waals surface area contributed by atoms with Crippen LogP contribution in [0.5, 0.6) is 11.5 Å². The lowest BCUT2D eigenvalue weighted by molar-refractivity contribution is -0.384. The van der Waals surface area contributed by atoms with Crippen LogP contribution >= 0.6 is 11.8 Å². The van der Waals surface area contributed by atoms with Crippen molar-refractivity contribution in [2.45, 2.75) is 68.8 Å². The Morgan fingerprint density at radius 3 is 2.15 bits per heavy atom. The number of β-lactam (4-membered cyclic amide) rings is 1. The number of benzene rings is 3. The number of fused-ring (bicyclic) bond motifs is 1. The van der Waals surface area contributed by atoms with Crippen LogP contribution in [-0.2, 0) is 51.5 Å². The molecule has 4 amide bonds. The topological polar surface area (TPSA) is 239 Å². The smallest absolute Gasteiger partial charge is 0.408 e. The van der Waals surface area contributed by atoms with E-state index in [0.717, 1.165) is 37.2 Å². The Morgan fingerprint density at radius 2 is 1.53 bits per heavy atom. The molecule has 3 aromatic rings. The fourth-order valence-corrected chi connectivity index (χ4v) is 7.64. The number of hydrogen-bond acceptors (Lipinski definition) is 14. The number of nitrogens with one attached hydrogen (secondary N) is 3. The van der Waals surface area contributed by atoms with Gasteiger partial charge < -0.3 is 39.8 Å². The van der Waals surface area contributed by atoms with Crippen molar-refractivity contribution < 1.29 is 57.4 Å². The van der Waals surface area contributed by atoms with Gasteiger partial charge in [0.25, 0.3) is 11.6 Å². The van der Waals surface area contributed by atoms with E-state index in [-0.39, 0.29) is 42.4 Å². The molecule has 1 unspecified atom stereocenters. The number of amides is 4. The molecule has 0 saturated carbocycles. The zero-order valence-corrected chi connectivity index (χ0v) is 30.6. The molecule has 288 valence electrons. The minimum atomic E-state index is -2.10. The normalized spacial score (nSPS) is 19.7. The largest absolute Gasteiger partial charge is 0.459 e. The Hall–Kier alpha value is -6.50. The van der Waals surface area contributed by atoms with E-state index in [1.165, 1.54) is 41.3 Å². The molecule has 3 N–H and O–H groups in total. The van der Waals surface area contributed by atoms with Gasteiger partial charge in [-0.05, 0) is 54.8 Å². The van der Waals surface area contributed by atoms with Crippen molar-refractivity contribution in [3.05, 3.63) is 99.6 Å². The maximum Gasteiger partial charge on any atom is 0.408 e. The van der Waals surface area contributed by atoms with Crippen LogP contribution < -0.4 is 25.4 Å². The maximum absolute atomic E-state index is 14.2. The fraction of sp³-hybridized carbons (Fsp3) is 0.306. The Balaban J connectivity index is 1.42. The second-order valence-electron chi connectivity index (χ2n) is 12.8. The number of ether oxygens (including phenoxy) is 4. The highest BCUT2D eigenvalue weighted by atomic mass is 32.2. The van der Waals surface area contributed by atoms with Crippen LogP contribution in [-0.4, -0.2) is 73.9 Å². The number of nitrogens with zero attached hydrogens (tertiary/aromatic N) is 2. The highest BCUT2D eigenvalue weighted by Gasteiger charge is 2.73. The lowest BCUT2D eigenvalue weighted by atomic mass is 9.90. The van der Waals surface area contributed by atoms with Crippen LogP contribution in [0.25, 0.3) is 0 Å². The third-order valence-electron chi connectivity index (χ3n) is 8.45. The molecule has 5 rings (SSSR count). The average molecular weight is 778 g/mol. The number of rotatable bonds is 14. The predicted octanol–water partition coefficient (Wildman–Crippen LogP) is 2.78. The van der Waals surface area contributed by atoms with Crippen molar-refractivity contribution in [2.24, 2.45) is 0 Å². The minimum Gasteiger partial charge on any atom is -0.459 e. The van der Waals surface area contributed by atoms with Gasteiger partial charge in [-0.25, -0.2) is 9.59 Å². The van der Waals surface area contributed by atoms with Crippen molar-refractivity contribution in [3.63, 3.8) is 0 Å². The van der Waals surface area contributed by atoms with Crippen LogP contribution in [0.1, 0.15) is 50.4 Å². The third kappa shape index (κ3) is 8.67. The lowest BCUT2D eigenvalue weighted by Crippen LogP contribution is -2.85. The number of carbonyl (C=O) groups is 7. The molecule has 2 aliphatic rings. The van der Waals surface area contributed by atoms with E-state index >= 15 is 0 Å². The number of alkyl carbamates (subject to hydrolysis) is 1. The molecular formula is C36H35N5O13S. The van der Waals surface area contributed by atoms with Gasteiger partial charge in [0.05, 0.1) is 4.92 Å². The molecule has 0 radical (unpaired) electrons. The number of carbonyl (C=O) groups excluding carboxylic acids is 7. The molecule has 0 aliphatic carbocycles. The Bertz CT molecular complexity index is 2030. The van der Waals surface area contributed by atoms with Crippen LogP contribution in [0, 0.1) is 10.1 Å². The van der Waals surface area contributed by atoms with Crippen molar-refractivity contribution in [1.82, 2.24) is 20.9 Å². The number of esters is 3. The average Bonchev–Trinajstić information content (AvgIpc) is 3.41. The summed E-state index contributed by atoms with van der Waals surface area (Å²) in [5.41, 5.74) is -1.25. The molecule has 18 nitrogen and oxygen atoms in total. The molecule has 19 heteroatoms. The van der Waals surface area contributed by atoms with Gasteiger partial charge in [0.2, 0.25) is 18.0 Å². The van der Waals surface area contributed by atoms with Crippen LogP contribution in [0.3, 0.4) is 0 Å². The first-order chi connectivity index (χ1) is 26.1. The van der Waals surface area contributed by atoms with E-state index in [1.807, 2.05) is 0 Å². The molecule has 2 heterocycles. The Morgan fingerprint density at radius 1 is 0.909 bits per heavy atom. The summed E-state index contributed by atoms with van der Waals surface area (Å²) in [6.07, 6.45) is -0.953. The lowest BCUT2D eigenvalue weighted by Gasteiger charge is -2.52. The molecule has 4 atom stereocenters. The first-order valence-electron chi connectivity index (χ1n) is 16.5. The molecule has 55 heavy (non-hydrogen) atoms. The summed E-state index contributed by atoms with van der Waals surface area (Å²) < 4.78 is 20.2. The summed E-state index contributed by atoms with van der Waals surface area (Å²) in [5, 5.41) is 17.3. The second kappa shape index (κ2) is 16.3. The van der Waals surface area contributed by atoms with Crippen molar-refractivity contribution in [1.29, 1.82) is 0 Å². The third-order valence-corrected chi connectivity index (χ3v) is 10.1. The standard InChI is InChI=1S/C36H35N5O13S/c1-20(43)53-26-15-12-24(16-27(26)54-21(2)44)28(38-34(48)52-18-23-10-13-25(14-11-23)41(49)50)30(45)39-36(37-19-42)32(47)40-29(35(3,4)55-33(36)40)31(46)51-17-22-8-6-5-7-9-22/h5-16,19,28-29,33H,17-18H2,1-4H3,(H,37,42)(H,38,48)(H,39,45)/t28?,29-,33+,36+/m0/s1. The Labute approximate surface area is 317 Å². The summed E-state index contributed by atoms with van der Waals surface area (Å²) in [6, 6.07) is 14.8. The van der Waals surface area contributed by atoms with Gasteiger partial charge in [0, 0.05) is 30.7 Å². The van der Waals surface area contributed by atoms with E-state index in [2.05, 4.69) is 16.0 Å². The number of nitro benzene ring substituents is 1. The van der Waals surface area contributed by atoms with E-state index in [1.54, 1.807) is 44.2 Å². The van der Waals surface area contributed by atoms with E-state index in [4.69, 9.17) is 18.9 Å². The molecular weight excluding hydrogens is 742 g/mol. The molecule has 2 saturated heterocycles. The monoisotopic (exact) mass is 777 g/mol. The minimum absolute atomic E-state index is 0.0522. The summed E-state index contributed by atoms with van der Waals surface area (Å²) in [5.74, 6) is -4.66. The highest BCUT2D eigenvalue weighted by molar-refractivity contribution is 8.01. The number of nitro groups is 1. The molecule has 0 bridgehead atoms. The van der Waals surface area contributed by atoms with Crippen LogP contribution in [0.15, 0.2) is 72.8 Å². The summed E-state index contributed by atoms with van der Waals surface area (Å²) in [4.78, 5) is 102. The van der Waals surface area contributed by atoms with Crippen molar-refractivity contribution in [2.75, 3.05) is 0 Å². The SMILES string of the molecule is CC(=O)Oc1ccc(C(NC(=O)OCc2ccc([N+](=O)[O-])cc2)C(=O)N[C@]2(NC=O)C(=O)N3[C@@H](C(=O)OCc4ccccc4)C(C)(C)S[C@@H]32)cc1OC(C)=O. The fourth-order valence-electron chi connectivity index (χ4n) is 5.99. The second-order valence-corrected chi connectivity index (χ2v) is 14.5. The number of hydrogen-bond donors (Lipinski definition) is 3. The Kier molecular flexibility index (Phi) is 11.7. The molecule has 3 aromatic carbocycles. The van der Waals surface area contributed by atoms with Gasteiger partial charge in [0.15, 0.2) is 11.5 Å². The van der Waals surface area contributed by atoms with Crippen LogP contribution in [0.4, 0.5) is 10.5 Å². The van der Waals surface area contributed by atoms with Gasteiger partial charge >= 0.3 is 24.0 Å². The number of thioether (sulfide) groups is 1. The van der Waals surface area contributed by atoms with Crippen molar-refractivity contribution >= 4 is 59.7 Å². The molecule has 0 aromatic heterocycles. The van der Waals surface area contributed by atoms with E-state index in [0.29, 0.717) is 5.56 Å². The zero-order valence-electron chi connectivity index (χ0n) is 29.8. The van der Waals surface area contributed by atoms with E-state index < -0.39 is 68.6 Å². The molecule has 2 fully saturated rings. The summed E-state index contributed by atoms with van der Waals surface area (Å²) in [7, 11) is 0. The zero-order chi connectivity index (χ0) is 40.1. The first-order valence-corrected chi connectivity index (χ1v) is 17.4. The first kappa shape index (κ1) is 39.7. The predicted molar refractivity (Wildman–Crippen MR) is 191 cm³/mol. The van der Waals surface area contributed by atoms with Crippen LogP contribution in [0.2, 0.25) is 0 Å². The highest BCUT2D eigenvalue weighted by Crippen LogP contribution is 2.54. The molecule has 2 aliphatic heterocycles. The summed E-state index contributed by atoms with van der Waals surface area (Å²) >= 11 is 1.12. The van der Waals surface area contributed by atoms with E-state index in [9.17, 15) is 43.7 Å². The van der Waals surface area contributed by atoms with Gasteiger partial charge in [-0.1, -0.05) is 36.4 Å². The number of non-ortho nitro benzene ring substituents is 1. The quantitative estimate of drug-likeness (QED) is 0.0406. The van der Waals surface area contributed by atoms with Gasteiger partial charge in [0.1, 0.15) is 30.7 Å². The van der Waals surface area contributed by atoms with Gasteiger partial charge in [-0.3, -0.25) is 34.1 Å². The van der Waals surface area contributed by atoms with Gasteiger partial charge in [-0.2, -0.15) is 0 Å². The van der Waals surface area contributed by atoms with Gasteiger partial charge in [-0.15, -0.1) is 11.8 Å².